The van der Waals surface area contributed by atoms with Gasteiger partial charge in [0, 0.05) is 34.9 Å². The first-order valence-electron chi connectivity index (χ1n) is 13.9. The Morgan fingerprint density at radius 1 is 1.21 bits per heavy atom. The summed E-state index contributed by atoms with van der Waals surface area (Å²) in [5.74, 6) is 0.407. The lowest BCUT2D eigenvalue weighted by Crippen LogP contribution is -2.45. The number of halogens is 1. The first kappa shape index (κ1) is 28.2. The van der Waals surface area contributed by atoms with E-state index in [-0.39, 0.29) is 35.7 Å². The highest BCUT2D eigenvalue weighted by molar-refractivity contribution is 7.17. The Hall–Kier alpha value is -3.96. The molecule has 2 aromatic heterocycles. The molecule has 0 aliphatic carbocycles. The summed E-state index contributed by atoms with van der Waals surface area (Å²) in [5, 5.41) is 8.31. The van der Waals surface area contributed by atoms with Crippen LogP contribution in [0.5, 0.6) is 0 Å². The van der Waals surface area contributed by atoms with Gasteiger partial charge in [-0.15, -0.1) is 11.3 Å². The Labute approximate surface area is 251 Å². The van der Waals surface area contributed by atoms with E-state index in [0.717, 1.165) is 29.7 Å². The first-order valence-corrected chi connectivity index (χ1v) is 15.1. The second kappa shape index (κ2) is 11.4. The number of rotatable bonds is 7. The molecule has 2 saturated heterocycles. The lowest BCUT2D eigenvalue weighted by Gasteiger charge is -2.33. The van der Waals surface area contributed by atoms with E-state index in [1.54, 1.807) is 27.8 Å². The number of benzene rings is 2. The molecule has 2 aliphatic rings. The number of anilines is 1. The van der Waals surface area contributed by atoms with Crippen molar-refractivity contribution < 1.29 is 14.3 Å². The van der Waals surface area contributed by atoms with Gasteiger partial charge in [-0.3, -0.25) is 14.2 Å². The number of amides is 2. The number of carbonyl (C=O) groups excluding carboxylic acids is 2. The third-order valence-electron chi connectivity index (χ3n) is 7.63. The highest BCUT2D eigenvalue weighted by atomic mass is 35.5. The number of carbonyl (C=O) groups is 2. The minimum Gasteiger partial charge on any atom is -0.447 e. The minimum absolute atomic E-state index is 0.000445. The van der Waals surface area contributed by atoms with Crippen molar-refractivity contribution in [3.8, 4) is 10.6 Å². The number of piperidine rings is 1. The predicted octanol–water partition coefficient (Wildman–Crippen LogP) is 5.06. The quantitative estimate of drug-likeness (QED) is 0.302. The van der Waals surface area contributed by atoms with Gasteiger partial charge in [-0.1, -0.05) is 23.7 Å². The molecule has 2 atom stereocenters. The fourth-order valence-electron chi connectivity index (χ4n) is 5.52. The van der Waals surface area contributed by atoms with Gasteiger partial charge in [0.15, 0.2) is 0 Å². The van der Waals surface area contributed by atoms with E-state index >= 15 is 0 Å². The molecule has 42 heavy (non-hydrogen) atoms. The number of aromatic nitrogens is 3. The monoisotopic (exact) mass is 606 g/mol. The third-order valence-corrected chi connectivity index (χ3v) is 8.91. The van der Waals surface area contributed by atoms with E-state index in [4.69, 9.17) is 21.3 Å². The highest BCUT2D eigenvalue weighted by Gasteiger charge is 2.38. The molecule has 0 saturated carbocycles. The third kappa shape index (κ3) is 5.58. The number of fused-ring (bicyclic) bond motifs is 2. The van der Waals surface area contributed by atoms with Gasteiger partial charge in [-0.25, -0.2) is 14.8 Å². The number of hydrogen-bond donors (Lipinski definition) is 2. The van der Waals surface area contributed by atoms with Crippen LogP contribution in [0.25, 0.3) is 21.5 Å². The fraction of sp³-hybridized carbons (Fsp3) is 0.367. The Bertz CT molecular complexity index is 1730. The Morgan fingerprint density at radius 2 is 2.00 bits per heavy atom. The zero-order chi connectivity index (χ0) is 29.5. The van der Waals surface area contributed by atoms with E-state index in [2.05, 4.69) is 15.6 Å². The topological polar surface area (TPSA) is 118 Å². The molecular formula is C30H31ClN6O4S. The number of cyclic esters (lactones) is 1. The normalized spacial score (nSPS) is 18.3. The SMILES string of the molecule is Cc1nc2cc(-c3ncc(C(=O)NC(C)C)s3)c(N[C@H]3CCN4C(=O)OC[C@@H]4C3)cc2c(=O)n1Cc1ccc(Cl)cc1. The van der Waals surface area contributed by atoms with Crippen molar-refractivity contribution in [3.05, 3.63) is 74.2 Å². The lowest BCUT2D eigenvalue weighted by molar-refractivity contribution is 0.0947. The molecule has 0 unspecified atom stereocenters. The maximum Gasteiger partial charge on any atom is 0.410 e. The summed E-state index contributed by atoms with van der Waals surface area (Å²) in [5.41, 5.74) is 2.84. The van der Waals surface area contributed by atoms with Crippen LogP contribution in [0.3, 0.4) is 0 Å². The van der Waals surface area contributed by atoms with Crippen LogP contribution in [0.4, 0.5) is 10.5 Å². The fourth-order valence-corrected chi connectivity index (χ4v) is 6.50. The number of nitrogens with one attached hydrogen (secondary N) is 2. The van der Waals surface area contributed by atoms with E-state index in [1.807, 2.05) is 45.0 Å². The summed E-state index contributed by atoms with van der Waals surface area (Å²) in [6, 6.07) is 11.2. The molecule has 4 aromatic rings. The molecule has 2 fully saturated rings. The molecule has 6 rings (SSSR count). The molecule has 2 N–H and O–H groups in total. The van der Waals surface area contributed by atoms with Crippen LogP contribution in [0.2, 0.25) is 5.02 Å². The highest BCUT2D eigenvalue weighted by Crippen LogP contribution is 2.36. The van der Waals surface area contributed by atoms with Crippen LogP contribution in [0.15, 0.2) is 47.4 Å². The standard InChI is InChI=1S/C30H31ClN6O4S/c1-16(2)33-27(38)26-13-32-28(42-26)22-11-25-23(12-24(22)35-20-8-9-36-21(10-20)15-41-30(36)40)29(39)37(17(3)34-25)14-18-4-6-19(31)7-5-18/h4-7,11-13,16,20-21,35H,8-10,14-15H2,1-3H3,(H,33,38)/t20-,21-/m0/s1. The molecule has 0 bridgehead atoms. The zero-order valence-electron chi connectivity index (χ0n) is 23.5. The second-order valence-electron chi connectivity index (χ2n) is 11.0. The predicted molar refractivity (Wildman–Crippen MR) is 163 cm³/mol. The van der Waals surface area contributed by atoms with E-state index in [0.29, 0.717) is 51.3 Å². The minimum atomic E-state index is -0.262. The van der Waals surface area contributed by atoms with Crippen LogP contribution in [-0.2, 0) is 11.3 Å². The second-order valence-corrected chi connectivity index (χ2v) is 12.5. The van der Waals surface area contributed by atoms with Gasteiger partial charge >= 0.3 is 6.09 Å². The van der Waals surface area contributed by atoms with Crippen LogP contribution in [0.1, 0.15) is 47.7 Å². The van der Waals surface area contributed by atoms with Gasteiger partial charge in [0.25, 0.3) is 11.5 Å². The summed E-state index contributed by atoms with van der Waals surface area (Å²) in [6.07, 6.45) is 2.77. The van der Waals surface area contributed by atoms with Gasteiger partial charge in [0.2, 0.25) is 0 Å². The number of aryl methyl sites for hydroxylation is 1. The lowest BCUT2D eigenvalue weighted by atomic mass is 9.97. The van der Waals surface area contributed by atoms with Crippen molar-refractivity contribution in [1.29, 1.82) is 0 Å². The maximum absolute atomic E-state index is 13.8. The van der Waals surface area contributed by atoms with Crippen molar-refractivity contribution in [1.82, 2.24) is 24.8 Å². The van der Waals surface area contributed by atoms with Gasteiger partial charge in [-0.2, -0.15) is 0 Å². The molecule has 218 valence electrons. The molecule has 2 aromatic carbocycles. The molecule has 12 heteroatoms. The maximum atomic E-state index is 13.8. The molecule has 10 nitrogen and oxygen atoms in total. The number of thiazole rings is 1. The summed E-state index contributed by atoms with van der Waals surface area (Å²) in [4.78, 5) is 50.2. The number of nitrogens with zero attached hydrogens (tertiary/aromatic N) is 4. The van der Waals surface area contributed by atoms with Gasteiger partial charge in [-0.05, 0) is 63.4 Å². The molecule has 2 amide bonds. The van der Waals surface area contributed by atoms with E-state index < -0.39 is 0 Å². The first-order chi connectivity index (χ1) is 20.2. The van der Waals surface area contributed by atoms with Crippen molar-refractivity contribution in [2.45, 2.75) is 58.3 Å². The van der Waals surface area contributed by atoms with Crippen LogP contribution >= 0.6 is 22.9 Å². The molecule has 4 heterocycles. The summed E-state index contributed by atoms with van der Waals surface area (Å²) >= 11 is 7.35. The molecule has 2 aliphatic heterocycles. The average Bonchev–Trinajstić information content (AvgIpc) is 3.59. The van der Waals surface area contributed by atoms with Gasteiger partial charge in [0.1, 0.15) is 22.3 Å². The largest absolute Gasteiger partial charge is 0.447 e. The average molecular weight is 607 g/mol. The summed E-state index contributed by atoms with van der Waals surface area (Å²) < 4.78 is 6.91. The summed E-state index contributed by atoms with van der Waals surface area (Å²) in [7, 11) is 0. The van der Waals surface area contributed by atoms with Crippen molar-refractivity contribution in [2.24, 2.45) is 0 Å². The Balaban J connectivity index is 1.40. The van der Waals surface area contributed by atoms with Crippen molar-refractivity contribution in [3.63, 3.8) is 0 Å². The molecule has 0 radical (unpaired) electrons. The molecule has 0 spiro atoms. The number of ether oxygens (including phenoxy) is 1. The molecular weight excluding hydrogens is 576 g/mol. The Kier molecular flexibility index (Phi) is 7.63. The van der Waals surface area contributed by atoms with Crippen molar-refractivity contribution in [2.75, 3.05) is 18.5 Å². The Morgan fingerprint density at radius 3 is 2.76 bits per heavy atom. The van der Waals surface area contributed by atoms with Crippen LogP contribution < -0.4 is 16.2 Å². The summed E-state index contributed by atoms with van der Waals surface area (Å²) in [6.45, 7) is 6.97. The van der Waals surface area contributed by atoms with Gasteiger partial charge < -0.3 is 20.3 Å². The van der Waals surface area contributed by atoms with Gasteiger partial charge in [0.05, 0.1) is 29.7 Å². The van der Waals surface area contributed by atoms with Crippen LogP contribution in [0, 0.1) is 6.92 Å². The smallest absolute Gasteiger partial charge is 0.410 e. The van der Waals surface area contributed by atoms with E-state index in [9.17, 15) is 14.4 Å². The van der Waals surface area contributed by atoms with Crippen LogP contribution in [-0.4, -0.2) is 62.7 Å². The number of hydrogen-bond acceptors (Lipinski definition) is 8. The van der Waals surface area contributed by atoms with Crippen molar-refractivity contribution >= 4 is 51.5 Å². The zero-order valence-corrected chi connectivity index (χ0v) is 25.1. The van der Waals surface area contributed by atoms with E-state index in [1.165, 1.54) is 11.3 Å².